The largest absolute Gasteiger partial charge is 0.349 e. The van der Waals surface area contributed by atoms with Gasteiger partial charge in [0.25, 0.3) is 0 Å². The predicted molar refractivity (Wildman–Crippen MR) is 118 cm³/mol. The van der Waals surface area contributed by atoms with E-state index in [-0.39, 0.29) is 22.6 Å². The molecule has 0 saturated heterocycles. The lowest BCUT2D eigenvalue weighted by Gasteiger charge is -2.14. The van der Waals surface area contributed by atoms with Gasteiger partial charge in [-0.25, -0.2) is 23.2 Å². The van der Waals surface area contributed by atoms with Crippen LogP contribution in [0.2, 0.25) is 0 Å². The van der Waals surface area contributed by atoms with Gasteiger partial charge in [0.1, 0.15) is 5.82 Å². The number of benzene rings is 2. The second kappa shape index (κ2) is 8.81. The molecule has 1 aliphatic rings. The van der Waals surface area contributed by atoms with Crippen molar-refractivity contribution in [2.24, 2.45) is 5.14 Å². The minimum Gasteiger partial charge on any atom is -0.349 e. The molecule has 1 aliphatic carbocycles. The molecule has 1 saturated carbocycles. The van der Waals surface area contributed by atoms with E-state index < -0.39 is 10.0 Å². The Labute approximate surface area is 185 Å². The van der Waals surface area contributed by atoms with E-state index in [0.29, 0.717) is 11.1 Å². The molecule has 10 heteroatoms. The third-order valence-corrected chi connectivity index (χ3v) is 6.74. The van der Waals surface area contributed by atoms with Crippen LogP contribution in [0.25, 0.3) is 5.69 Å². The molecule has 31 heavy (non-hydrogen) atoms. The van der Waals surface area contributed by atoms with Crippen LogP contribution < -0.4 is 10.5 Å². The quantitative estimate of drug-likeness (QED) is 0.502. The number of nitrogens with two attached hydrogens (primary N) is 1. The van der Waals surface area contributed by atoms with Crippen LogP contribution in [0.4, 0.5) is 0 Å². The molecule has 8 nitrogen and oxygen atoms in total. The second-order valence-corrected chi connectivity index (χ2v) is 9.97. The van der Waals surface area contributed by atoms with Crippen molar-refractivity contribution in [2.75, 3.05) is 5.75 Å². The van der Waals surface area contributed by atoms with Crippen molar-refractivity contribution in [1.29, 1.82) is 0 Å². The third-order valence-electron chi connectivity index (χ3n) is 4.97. The van der Waals surface area contributed by atoms with Crippen molar-refractivity contribution in [2.45, 2.75) is 41.8 Å². The molecular weight excluding hydrogens is 434 g/mol. The molecule has 1 aromatic heterocycles. The highest BCUT2D eigenvalue weighted by atomic mass is 32.2. The smallest absolute Gasteiger partial charge is 0.238 e. The van der Waals surface area contributed by atoms with Gasteiger partial charge in [-0.1, -0.05) is 42.1 Å². The number of carbonyl (C=O) groups excluding carboxylic acids is 1. The van der Waals surface area contributed by atoms with Crippen molar-refractivity contribution in [1.82, 2.24) is 20.1 Å². The third kappa shape index (κ3) is 5.33. The van der Waals surface area contributed by atoms with Gasteiger partial charge in [-0.3, -0.25) is 4.79 Å². The highest BCUT2D eigenvalue weighted by Crippen LogP contribution is 2.40. The maximum Gasteiger partial charge on any atom is 0.238 e. The SMILES string of the molecule is C[C@@H](NC(=O)CSc1nc(C2CC2)n(-c2ccccc2)n1)c1ccc(S(N)(=O)=O)cc1. The van der Waals surface area contributed by atoms with Crippen LogP contribution in [0.5, 0.6) is 0 Å². The number of nitrogens with zero attached hydrogens (tertiary/aromatic N) is 3. The predicted octanol–water partition coefficient (Wildman–Crippen LogP) is 2.76. The molecule has 0 bridgehead atoms. The lowest BCUT2D eigenvalue weighted by atomic mass is 10.1. The fourth-order valence-electron chi connectivity index (χ4n) is 3.17. The molecule has 0 spiro atoms. The van der Waals surface area contributed by atoms with Crippen molar-refractivity contribution >= 4 is 27.7 Å². The Morgan fingerprint density at radius 2 is 1.87 bits per heavy atom. The first-order chi connectivity index (χ1) is 14.8. The highest BCUT2D eigenvalue weighted by Gasteiger charge is 2.30. The number of amides is 1. The molecule has 0 radical (unpaired) electrons. The number of carbonyl (C=O) groups is 1. The Morgan fingerprint density at radius 1 is 1.19 bits per heavy atom. The highest BCUT2D eigenvalue weighted by molar-refractivity contribution is 7.99. The molecule has 0 unspecified atom stereocenters. The summed E-state index contributed by atoms with van der Waals surface area (Å²) in [6.45, 7) is 1.84. The van der Waals surface area contributed by atoms with Crippen LogP contribution in [0, 0.1) is 0 Å². The Kier molecular flexibility index (Phi) is 6.12. The monoisotopic (exact) mass is 457 g/mol. The summed E-state index contributed by atoms with van der Waals surface area (Å²) in [5.74, 6) is 1.40. The number of para-hydroxylation sites is 1. The van der Waals surface area contributed by atoms with Crippen LogP contribution >= 0.6 is 11.8 Å². The van der Waals surface area contributed by atoms with Crippen molar-refractivity contribution in [3.63, 3.8) is 0 Å². The van der Waals surface area contributed by atoms with E-state index in [1.54, 1.807) is 12.1 Å². The molecule has 0 aliphatic heterocycles. The molecule has 3 aromatic rings. The number of nitrogens with one attached hydrogen (secondary N) is 1. The Morgan fingerprint density at radius 3 is 2.48 bits per heavy atom. The molecule has 1 fully saturated rings. The number of primary sulfonamides is 1. The van der Waals surface area contributed by atoms with Crippen LogP contribution in [0.1, 0.15) is 43.1 Å². The summed E-state index contributed by atoms with van der Waals surface area (Å²) >= 11 is 1.30. The van der Waals surface area contributed by atoms with Gasteiger partial charge >= 0.3 is 0 Å². The van der Waals surface area contributed by atoms with E-state index in [0.717, 1.165) is 29.9 Å². The normalized spacial score (nSPS) is 14.9. The van der Waals surface area contributed by atoms with Crippen molar-refractivity contribution in [3.8, 4) is 5.69 Å². The van der Waals surface area contributed by atoms with Crippen LogP contribution in [-0.4, -0.2) is 34.8 Å². The number of thioether (sulfide) groups is 1. The molecule has 4 rings (SSSR count). The van der Waals surface area contributed by atoms with E-state index in [4.69, 9.17) is 5.14 Å². The number of hydrogen-bond donors (Lipinski definition) is 2. The maximum atomic E-state index is 12.4. The lowest BCUT2D eigenvalue weighted by molar-refractivity contribution is -0.119. The van der Waals surface area contributed by atoms with Crippen molar-refractivity contribution in [3.05, 3.63) is 66.0 Å². The summed E-state index contributed by atoms with van der Waals surface area (Å²) < 4.78 is 24.6. The average Bonchev–Trinajstić information content (AvgIpc) is 3.51. The van der Waals surface area contributed by atoms with Gasteiger partial charge in [0.05, 0.1) is 22.4 Å². The Balaban J connectivity index is 1.38. The van der Waals surface area contributed by atoms with E-state index in [9.17, 15) is 13.2 Å². The summed E-state index contributed by atoms with van der Waals surface area (Å²) in [4.78, 5) is 17.1. The fraction of sp³-hybridized carbons (Fsp3) is 0.286. The zero-order valence-electron chi connectivity index (χ0n) is 16.9. The molecule has 2 aromatic carbocycles. The molecule has 1 amide bonds. The number of sulfonamides is 1. The minimum absolute atomic E-state index is 0.0388. The second-order valence-electron chi connectivity index (χ2n) is 7.47. The zero-order chi connectivity index (χ0) is 22.0. The molecule has 1 atom stereocenters. The van der Waals surface area contributed by atoms with Gasteiger partial charge in [-0.15, -0.1) is 5.10 Å². The minimum atomic E-state index is -3.74. The summed E-state index contributed by atoms with van der Waals surface area (Å²) in [7, 11) is -3.74. The van der Waals surface area contributed by atoms with Gasteiger partial charge in [0.2, 0.25) is 21.1 Å². The molecular formula is C21H23N5O3S2. The first-order valence-corrected chi connectivity index (χ1v) is 12.4. The van der Waals surface area contributed by atoms with Gasteiger partial charge in [-0.2, -0.15) is 0 Å². The molecule has 3 N–H and O–H groups in total. The Hall–Kier alpha value is -2.69. The topological polar surface area (TPSA) is 120 Å². The van der Waals surface area contributed by atoms with E-state index in [1.807, 2.05) is 41.9 Å². The maximum absolute atomic E-state index is 12.4. The molecule has 1 heterocycles. The summed E-state index contributed by atoms with van der Waals surface area (Å²) in [6, 6.07) is 15.7. The van der Waals surface area contributed by atoms with Gasteiger partial charge in [0, 0.05) is 5.92 Å². The number of aromatic nitrogens is 3. The zero-order valence-corrected chi connectivity index (χ0v) is 18.6. The fourth-order valence-corrected chi connectivity index (χ4v) is 4.33. The van der Waals surface area contributed by atoms with Crippen LogP contribution in [-0.2, 0) is 14.8 Å². The summed E-state index contributed by atoms with van der Waals surface area (Å²) in [5.41, 5.74) is 1.75. The van der Waals surface area contributed by atoms with E-state index >= 15 is 0 Å². The Bertz CT molecular complexity index is 1170. The molecule has 162 valence electrons. The summed E-state index contributed by atoms with van der Waals surface area (Å²) in [6.07, 6.45) is 2.22. The number of hydrogen-bond acceptors (Lipinski definition) is 6. The van der Waals surface area contributed by atoms with E-state index in [1.165, 1.54) is 23.9 Å². The van der Waals surface area contributed by atoms with E-state index in [2.05, 4.69) is 15.4 Å². The van der Waals surface area contributed by atoms with Gasteiger partial charge in [0.15, 0.2) is 0 Å². The standard InChI is InChI=1S/C21H23N5O3S2/c1-14(15-9-11-18(12-10-15)31(22,28)29)23-19(27)13-30-21-24-20(16-7-8-16)26(25-21)17-5-3-2-4-6-17/h2-6,9-12,14,16H,7-8,13H2,1H3,(H,23,27)(H2,22,28,29)/t14-/m1/s1. The average molecular weight is 458 g/mol. The van der Waals surface area contributed by atoms with Gasteiger partial charge in [-0.05, 0) is 49.6 Å². The van der Waals surface area contributed by atoms with Gasteiger partial charge < -0.3 is 5.32 Å². The van der Waals surface area contributed by atoms with Crippen LogP contribution in [0.15, 0.2) is 64.6 Å². The van der Waals surface area contributed by atoms with Crippen molar-refractivity contribution < 1.29 is 13.2 Å². The number of rotatable bonds is 8. The first kappa shape index (κ1) is 21.5. The van der Waals surface area contributed by atoms with Crippen LogP contribution in [0.3, 0.4) is 0 Å². The lowest BCUT2D eigenvalue weighted by Crippen LogP contribution is -2.28. The first-order valence-electron chi connectivity index (χ1n) is 9.88. The summed E-state index contributed by atoms with van der Waals surface area (Å²) in [5, 5.41) is 13.2.